The van der Waals surface area contributed by atoms with E-state index in [1.54, 1.807) is 4.52 Å². The number of carbonyl (C=O) groups excluding carboxylic acids is 1. The van der Waals surface area contributed by atoms with Crippen LogP contribution in [0.4, 0.5) is 5.82 Å². The van der Waals surface area contributed by atoms with Crippen LogP contribution in [0.15, 0.2) is 16.7 Å². The molecule has 1 saturated heterocycles. The zero-order chi connectivity index (χ0) is 20.5. The summed E-state index contributed by atoms with van der Waals surface area (Å²) in [4.78, 5) is 19.6. The number of carbonyl (C=O) groups is 1. The Morgan fingerprint density at radius 3 is 2.62 bits per heavy atom. The van der Waals surface area contributed by atoms with Crippen LogP contribution < -0.4 is 5.32 Å². The summed E-state index contributed by atoms with van der Waals surface area (Å²) in [6.45, 7) is 9.53. The van der Waals surface area contributed by atoms with Crippen molar-refractivity contribution in [2.24, 2.45) is 0 Å². The molecule has 0 aliphatic carbocycles. The highest BCUT2D eigenvalue weighted by atomic mass is 16.5. The first-order valence-electron chi connectivity index (χ1n) is 10.4. The van der Waals surface area contributed by atoms with Gasteiger partial charge in [0.1, 0.15) is 29.0 Å². The summed E-state index contributed by atoms with van der Waals surface area (Å²) in [5.41, 5.74) is 4.08. The molecule has 1 amide bonds. The summed E-state index contributed by atoms with van der Waals surface area (Å²) in [6.07, 6.45) is 4.15. The van der Waals surface area contributed by atoms with E-state index in [9.17, 15) is 4.79 Å². The lowest BCUT2D eigenvalue weighted by atomic mass is 10.1. The van der Waals surface area contributed by atoms with Crippen LogP contribution in [0.5, 0.6) is 0 Å². The molecule has 0 spiro atoms. The Morgan fingerprint density at radius 2 is 1.97 bits per heavy atom. The third-order valence-corrected chi connectivity index (χ3v) is 5.54. The van der Waals surface area contributed by atoms with Crippen LogP contribution >= 0.6 is 0 Å². The fourth-order valence-corrected chi connectivity index (χ4v) is 3.99. The lowest BCUT2D eigenvalue weighted by molar-refractivity contribution is -0.132. The molecule has 8 heteroatoms. The van der Waals surface area contributed by atoms with Gasteiger partial charge in [0.05, 0.1) is 0 Å². The van der Waals surface area contributed by atoms with Crippen molar-refractivity contribution in [3.8, 4) is 11.4 Å². The van der Waals surface area contributed by atoms with Gasteiger partial charge < -0.3 is 14.7 Å². The zero-order valence-electron chi connectivity index (χ0n) is 17.5. The van der Waals surface area contributed by atoms with Crippen molar-refractivity contribution < 1.29 is 9.32 Å². The van der Waals surface area contributed by atoms with Crippen molar-refractivity contribution in [2.45, 2.75) is 59.4 Å². The Labute approximate surface area is 170 Å². The maximum atomic E-state index is 12.9. The van der Waals surface area contributed by atoms with Crippen molar-refractivity contribution in [1.29, 1.82) is 0 Å². The molecule has 8 nitrogen and oxygen atoms in total. The minimum atomic E-state index is -0.342. The molecular formula is C21H28N6O2. The highest BCUT2D eigenvalue weighted by Gasteiger charge is 2.24. The quantitative estimate of drug-likeness (QED) is 0.711. The van der Waals surface area contributed by atoms with Gasteiger partial charge in [-0.1, -0.05) is 12.1 Å². The minimum absolute atomic E-state index is 0.133. The van der Waals surface area contributed by atoms with Crippen molar-refractivity contribution in [2.75, 3.05) is 18.4 Å². The van der Waals surface area contributed by atoms with Gasteiger partial charge in [-0.3, -0.25) is 4.79 Å². The number of fused-ring (bicyclic) bond motifs is 1. The van der Waals surface area contributed by atoms with Gasteiger partial charge in [-0.05, 0) is 46.5 Å². The molecule has 0 saturated carbocycles. The van der Waals surface area contributed by atoms with Crippen molar-refractivity contribution >= 4 is 17.4 Å². The molecule has 1 aliphatic rings. The van der Waals surface area contributed by atoms with E-state index in [0.717, 1.165) is 60.8 Å². The van der Waals surface area contributed by atoms with E-state index >= 15 is 0 Å². The minimum Gasteiger partial charge on any atom is -0.361 e. The van der Waals surface area contributed by atoms with E-state index in [0.29, 0.717) is 11.4 Å². The Balaban J connectivity index is 1.71. The van der Waals surface area contributed by atoms with Crippen molar-refractivity contribution in [3.05, 3.63) is 29.2 Å². The monoisotopic (exact) mass is 396 g/mol. The van der Waals surface area contributed by atoms with Gasteiger partial charge in [-0.25, -0.2) is 4.98 Å². The number of aryl methyl sites for hydroxylation is 2. The van der Waals surface area contributed by atoms with Crippen LogP contribution in [-0.2, 0) is 11.2 Å². The predicted octanol–water partition coefficient (Wildman–Crippen LogP) is 3.38. The lowest BCUT2D eigenvalue weighted by Crippen LogP contribution is -2.44. The van der Waals surface area contributed by atoms with Crippen LogP contribution in [0.3, 0.4) is 0 Å². The first-order valence-corrected chi connectivity index (χ1v) is 10.4. The van der Waals surface area contributed by atoms with E-state index in [4.69, 9.17) is 14.6 Å². The number of nitrogens with one attached hydrogen (secondary N) is 1. The Kier molecular flexibility index (Phi) is 5.25. The summed E-state index contributed by atoms with van der Waals surface area (Å²) < 4.78 is 6.97. The number of aromatic nitrogens is 4. The molecule has 0 radical (unpaired) electrons. The van der Waals surface area contributed by atoms with Gasteiger partial charge in [0.15, 0.2) is 5.65 Å². The normalized spacial score (nSPS) is 15.7. The summed E-state index contributed by atoms with van der Waals surface area (Å²) in [5.74, 6) is 1.68. The summed E-state index contributed by atoms with van der Waals surface area (Å²) in [7, 11) is 0. The SMILES string of the molecule is CCc1c(C)nc2cc(-c3cc(C)on3)nn2c1NC(C)C(=O)N1CCCCC1. The largest absolute Gasteiger partial charge is 0.361 e. The maximum Gasteiger partial charge on any atom is 0.244 e. The number of likely N-dealkylation sites (tertiary alicyclic amines) is 1. The van der Waals surface area contributed by atoms with Gasteiger partial charge >= 0.3 is 0 Å². The number of hydrogen-bond donors (Lipinski definition) is 1. The van der Waals surface area contributed by atoms with E-state index < -0.39 is 0 Å². The number of amides is 1. The molecule has 1 aliphatic heterocycles. The average Bonchev–Trinajstić information content (AvgIpc) is 3.34. The van der Waals surface area contributed by atoms with Crippen LogP contribution in [0, 0.1) is 13.8 Å². The smallest absolute Gasteiger partial charge is 0.244 e. The second-order valence-electron chi connectivity index (χ2n) is 7.75. The number of rotatable bonds is 5. The molecule has 3 aromatic heterocycles. The fourth-order valence-electron chi connectivity index (χ4n) is 3.99. The molecule has 1 N–H and O–H groups in total. The first-order chi connectivity index (χ1) is 14.0. The summed E-state index contributed by atoms with van der Waals surface area (Å²) in [5, 5.41) is 12.2. The summed E-state index contributed by atoms with van der Waals surface area (Å²) in [6, 6.07) is 3.40. The van der Waals surface area contributed by atoms with E-state index in [1.807, 2.05) is 37.8 Å². The number of nitrogens with zero attached hydrogens (tertiary/aromatic N) is 5. The summed E-state index contributed by atoms with van der Waals surface area (Å²) >= 11 is 0. The van der Waals surface area contributed by atoms with Crippen LogP contribution in [0.1, 0.15) is 50.1 Å². The highest BCUT2D eigenvalue weighted by Crippen LogP contribution is 2.26. The molecule has 0 aromatic carbocycles. The van der Waals surface area contributed by atoms with E-state index in [2.05, 4.69) is 17.4 Å². The maximum absolute atomic E-state index is 12.9. The number of anilines is 1. The first kappa shape index (κ1) is 19.4. The van der Waals surface area contributed by atoms with Gasteiger partial charge in [0, 0.05) is 36.5 Å². The standard InChI is InChI=1S/C21H28N6O2/c1-5-16-14(3)22-19-12-17(18-11-13(2)29-25-18)24-27(19)20(16)23-15(4)21(28)26-9-7-6-8-10-26/h11-12,15,23H,5-10H2,1-4H3. The second kappa shape index (κ2) is 7.85. The van der Waals surface area contributed by atoms with Crippen LogP contribution in [0.2, 0.25) is 0 Å². The molecule has 4 rings (SSSR count). The van der Waals surface area contributed by atoms with E-state index in [1.165, 1.54) is 6.42 Å². The van der Waals surface area contributed by atoms with Gasteiger partial charge in [-0.15, -0.1) is 0 Å². The molecule has 3 aromatic rings. The molecule has 1 atom stereocenters. The average molecular weight is 396 g/mol. The van der Waals surface area contributed by atoms with Crippen molar-refractivity contribution in [3.63, 3.8) is 0 Å². The lowest BCUT2D eigenvalue weighted by Gasteiger charge is -2.30. The van der Waals surface area contributed by atoms with E-state index in [-0.39, 0.29) is 11.9 Å². The Morgan fingerprint density at radius 1 is 1.21 bits per heavy atom. The third kappa shape index (κ3) is 3.71. The molecule has 29 heavy (non-hydrogen) atoms. The highest BCUT2D eigenvalue weighted by molar-refractivity contribution is 5.84. The zero-order valence-corrected chi connectivity index (χ0v) is 17.5. The van der Waals surface area contributed by atoms with Crippen LogP contribution in [-0.4, -0.2) is 49.7 Å². The molecule has 1 unspecified atom stereocenters. The Bertz CT molecular complexity index is 1030. The third-order valence-electron chi connectivity index (χ3n) is 5.54. The molecule has 0 bridgehead atoms. The van der Waals surface area contributed by atoms with Gasteiger partial charge in [0.25, 0.3) is 0 Å². The molecule has 1 fully saturated rings. The molecule has 154 valence electrons. The molecular weight excluding hydrogens is 368 g/mol. The van der Waals surface area contributed by atoms with Crippen LogP contribution in [0.25, 0.3) is 17.0 Å². The molecule has 4 heterocycles. The predicted molar refractivity (Wildman–Crippen MR) is 111 cm³/mol. The van der Waals surface area contributed by atoms with Gasteiger partial charge in [-0.2, -0.15) is 9.61 Å². The second-order valence-corrected chi connectivity index (χ2v) is 7.75. The topological polar surface area (TPSA) is 88.6 Å². The number of piperidine rings is 1. The Hall–Kier alpha value is -2.90. The number of hydrogen-bond acceptors (Lipinski definition) is 6. The van der Waals surface area contributed by atoms with Gasteiger partial charge in [0.2, 0.25) is 5.91 Å². The fraction of sp³-hybridized carbons (Fsp3) is 0.524. The van der Waals surface area contributed by atoms with Crippen molar-refractivity contribution in [1.82, 2.24) is 24.7 Å².